The van der Waals surface area contributed by atoms with Crippen molar-refractivity contribution < 1.29 is 20.7 Å². The number of aromatic nitrogens is 4. The molecule has 1 aromatic heterocycles. The third-order valence-corrected chi connectivity index (χ3v) is 5.34. The van der Waals surface area contributed by atoms with E-state index in [1.807, 2.05) is 0 Å². The number of nitrogens with zero attached hydrogens (tertiary/aromatic N) is 4. The number of tetrazole rings is 1. The second-order valence-electron chi connectivity index (χ2n) is 4.82. The van der Waals surface area contributed by atoms with Gasteiger partial charge in [-0.3, -0.25) is 4.72 Å². The number of halogens is 1. The van der Waals surface area contributed by atoms with E-state index in [9.17, 15) is 20.7 Å². The number of hydrogen-bond donors (Lipinski definition) is 1. The molecule has 0 bridgehead atoms. The highest BCUT2D eigenvalue weighted by Gasteiger charge is 2.17. The lowest BCUT2D eigenvalue weighted by Gasteiger charge is -2.09. The zero-order valence-corrected chi connectivity index (χ0v) is 13.9. The summed E-state index contributed by atoms with van der Waals surface area (Å²) in [6.07, 6.45) is 1.35. The second kappa shape index (κ2) is 6.22. The summed E-state index contributed by atoms with van der Waals surface area (Å²) < 4.78 is 63.1. The van der Waals surface area contributed by atoms with E-state index in [1.54, 1.807) is 0 Å². The van der Waals surface area contributed by atoms with E-state index >= 15 is 0 Å². The molecule has 2 aromatic carbocycles. The Bertz CT molecular complexity index is 1100. The molecule has 130 valence electrons. The van der Waals surface area contributed by atoms with Crippen LogP contribution in [-0.4, -0.2) is 37.0 Å². The van der Waals surface area contributed by atoms with Crippen LogP contribution in [0.15, 0.2) is 64.6 Å². The van der Waals surface area contributed by atoms with Gasteiger partial charge in [0.05, 0.1) is 16.3 Å². The SMILES string of the molecule is O=S(=O)(F)c1cccc(NS(=O)(=O)c2ccc(-n3cnnn3)cc2)c1. The van der Waals surface area contributed by atoms with Crippen molar-refractivity contribution in [2.45, 2.75) is 9.79 Å². The average Bonchev–Trinajstić information content (AvgIpc) is 3.08. The third kappa shape index (κ3) is 3.80. The Morgan fingerprint density at radius 1 is 0.960 bits per heavy atom. The minimum Gasteiger partial charge on any atom is -0.280 e. The van der Waals surface area contributed by atoms with Gasteiger partial charge in [-0.1, -0.05) is 6.07 Å². The smallest absolute Gasteiger partial charge is 0.280 e. The maximum absolute atomic E-state index is 13.0. The number of nitrogens with one attached hydrogen (secondary N) is 1. The minimum absolute atomic E-state index is 0.0715. The van der Waals surface area contributed by atoms with E-state index in [-0.39, 0.29) is 10.6 Å². The van der Waals surface area contributed by atoms with Gasteiger partial charge in [-0.2, -0.15) is 8.42 Å². The number of hydrogen-bond acceptors (Lipinski definition) is 7. The maximum Gasteiger partial charge on any atom is 0.332 e. The molecule has 0 aliphatic heterocycles. The fourth-order valence-electron chi connectivity index (χ4n) is 1.98. The zero-order chi connectivity index (χ0) is 18.1. The van der Waals surface area contributed by atoms with E-state index in [0.717, 1.165) is 12.1 Å². The molecule has 0 saturated heterocycles. The molecule has 1 heterocycles. The van der Waals surface area contributed by atoms with Crippen LogP contribution in [0.4, 0.5) is 9.57 Å². The lowest BCUT2D eigenvalue weighted by Crippen LogP contribution is -2.13. The molecule has 0 aliphatic carbocycles. The number of anilines is 1. The quantitative estimate of drug-likeness (QED) is 0.655. The molecule has 0 unspecified atom stereocenters. The van der Waals surface area contributed by atoms with Gasteiger partial charge < -0.3 is 0 Å². The van der Waals surface area contributed by atoms with Gasteiger partial charge in [0.1, 0.15) is 11.2 Å². The number of benzene rings is 2. The average molecular weight is 383 g/mol. The predicted molar refractivity (Wildman–Crippen MR) is 84.7 cm³/mol. The normalized spacial score (nSPS) is 12.0. The van der Waals surface area contributed by atoms with Gasteiger partial charge in [0, 0.05) is 0 Å². The lowest BCUT2D eigenvalue weighted by molar-refractivity contribution is 0.552. The third-order valence-electron chi connectivity index (χ3n) is 3.13. The molecule has 1 N–H and O–H groups in total. The predicted octanol–water partition coefficient (Wildman–Crippen LogP) is 1.12. The molecule has 0 radical (unpaired) electrons. The molecule has 12 heteroatoms. The van der Waals surface area contributed by atoms with Gasteiger partial charge in [-0.05, 0) is 52.9 Å². The Balaban J connectivity index is 1.87. The summed E-state index contributed by atoms with van der Waals surface area (Å²) in [6.45, 7) is 0. The van der Waals surface area contributed by atoms with Crippen molar-refractivity contribution >= 4 is 25.9 Å². The van der Waals surface area contributed by atoms with E-state index in [1.165, 1.54) is 47.4 Å². The van der Waals surface area contributed by atoms with Crippen molar-refractivity contribution in [2.24, 2.45) is 0 Å². The van der Waals surface area contributed by atoms with E-state index in [4.69, 9.17) is 0 Å². The Morgan fingerprint density at radius 3 is 2.28 bits per heavy atom. The first-order chi connectivity index (χ1) is 11.8. The van der Waals surface area contributed by atoms with Gasteiger partial charge >= 0.3 is 10.2 Å². The van der Waals surface area contributed by atoms with Crippen molar-refractivity contribution in [1.82, 2.24) is 20.2 Å². The summed E-state index contributed by atoms with van der Waals surface area (Å²) in [4.78, 5) is -0.709. The van der Waals surface area contributed by atoms with E-state index < -0.39 is 25.1 Å². The van der Waals surface area contributed by atoms with Gasteiger partial charge in [-0.25, -0.2) is 13.1 Å². The Morgan fingerprint density at radius 2 is 1.68 bits per heavy atom. The first-order valence-corrected chi connectivity index (χ1v) is 9.53. The van der Waals surface area contributed by atoms with Crippen molar-refractivity contribution in [3.63, 3.8) is 0 Å². The fourth-order valence-corrected chi connectivity index (χ4v) is 3.54. The van der Waals surface area contributed by atoms with Gasteiger partial charge in [0.2, 0.25) is 0 Å². The van der Waals surface area contributed by atoms with Crippen LogP contribution in [0.25, 0.3) is 5.69 Å². The van der Waals surface area contributed by atoms with Crippen LogP contribution in [0.3, 0.4) is 0 Å². The van der Waals surface area contributed by atoms with Crippen LogP contribution in [0.5, 0.6) is 0 Å². The molecule has 0 fully saturated rings. The number of sulfonamides is 1. The molecule has 0 saturated carbocycles. The first kappa shape index (κ1) is 17.0. The molecule has 0 spiro atoms. The molecule has 0 atom stereocenters. The molecular formula is C13H10FN5O4S2. The molecule has 0 aliphatic rings. The first-order valence-electron chi connectivity index (χ1n) is 6.67. The fraction of sp³-hybridized carbons (Fsp3) is 0. The number of rotatable bonds is 5. The summed E-state index contributed by atoms with van der Waals surface area (Å²) >= 11 is 0. The van der Waals surface area contributed by atoms with Crippen LogP contribution in [0.1, 0.15) is 0 Å². The van der Waals surface area contributed by atoms with Crippen LogP contribution in [0, 0.1) is 0 Å². The van der Waals surface area contributed by atoms with E-state index in [0.29, 0.717) is 5.69 Å². The lowest BCUT2D eigenvalue weighted by atomic mass is 10.3. The minimum atomic E-state index is -4.93. The molecule has 3 rings (SSSR count). The van der Waals surface area contributed by atoms with Gasteiger partial charge in [0.25, 0.3) is 10.0 Å². The Labute approximate surface area is 142 Å². The van der Waals surface area contributed by atoms with Crippen LogP contribution in [-0.2, 0) is 20.2 Å². The van der Waals surface area contributed by atoms with Crippen LogP contribution >= 0.6 is 0 Å². The molecule has 0 amide bonds. The topological polar surface area (TPSA) is 124 Å². The summed E-state index contributed by atoms with van der Waals surface area (Å²) in [5.41, 5.74) is 0.470. The molecular weight excluding hydrogens is 373 g/mol. The summed E-state index contributed by atoms with van der Waals surface area (Å²) in [5.74, 6) is 0. The summed E-state index contributed by atoms with van der Waals surface area (Å²) in [7, 11) is -8.92. The van der Waals surface area contributed by atoms with Crippen LogP contribution < -0.4 is 4.72 Å². The molecule has 3 aromatic rings. The summed E-state index contributed by atoms with van der Waals surface area (Å²) in [5, 5.41) is 10.6. The van der Waals surface area contributed by atoms with E-state index in [2.05, 4.69) is 20.2 Å². The molecule has 25 heavy (non-hydrogen) atoms. The summed E-state index contributed by atoms with van der Waals surface area (Å²) in [6, 6.07) is 10.1. The monoisotopic (exact) mass is 383 g/mol. The van der Waals surface area contributed by atoms with Crippen LogP contribution in [0.2, 0.25) is 0 Å². The Hall–Kier alpha value is -2.86. The van der Waals surface area contributed by atoms with Gasteiger partial charge in [0.15, 0.2) is 0 Å². The standard InChI is InChI=1S/C13H10FN5O4S2/c14-24(20,21)13-3-1-2-10(8-13)16-25(22,23)12-6-4-11(5-7-12)19-9-15-17-18-19/h1-9,16H. The zero-order valence-electron chi connectivity index (χ0n) is 12.3. The highest BCUT2D eigenvalue weighted by molar-refractivity contribution is 7.92. The Kier molecular flexibility index (Phi) is 4.22. The molecule has 9 nitrogen and oxygen atoms in total. The second-order valence-corrected chi connectivity index (χ2v) is 7.85. The van der Waals surface area contributed by atoms with Gasteiger partial charge in [-0.15, -0.1) is 8.98 Å². The van der Waals surface area contributed by atoms with Crippen molar-refractivity contribution in [1.29, 1.82) is 0 Å². The van der Waals surface area contributed by atoms with Crippen molar-refractivity contribution in [2.75, 3.05) is 4.72 Å². The highest BCUT2D eigenvalue weighted by Crippen LogP contribution is 2.21. The highest BCUT2D eigenvalue weighted by atomic mass is 32.3. The maximum atomic E-state index is 13.0. The van der Waals surface area contributed by atoms with Crippen molar-refractivity contribution in [3.05, 3.63) is 54.9 Å². The largest absolute Gasteiger partial charge is 0.332 e. The van der Waals surface area contributed by atoms with Crippen molar-refractivity contribution in [3.8, 4) is 5.69 Å².